The van der Waals surface area contributed by atoms with E-state index >= 15 is 0 Å². The first kappa shape index (κ1) is 27.6. The van der Waals surface area contributed by atoms with Crippen molar-refractivity contribution >= 4 is 29.2 Å². The van der Waals surface area contributed by atoms with Crippen molar-refractivity contribution in [1.82, 2.24) is 4.98 Å². The fraction of sp³-hybridized carbons (Fsp3) is 0.407. The normalized spacial score (nSPS) is 15.7. The first-order chi connectivity index (χ1) is 14.0. The van der Waals surface area contributed by atoms with Crippen LogP contribution in [0.3, 0.4) is 0 Å². The van der Waals surface area contributed by atoms with Gasteiger partial charge >= 0.3 is 196 Å². The summed E-state index contributed by atoms with van der Waals surface area (Å²) in [5.74, 6) is 0. The molecule has 0 radical (unpaired) electrons. The summed E-state index contributed by atoms with van der Waals surface area (Å²) in [6.45, 7) is 19.2. The summed E-state index contributed by atoms with van der Waals surface area (Å²) in [7, 11) is -0.849. The summed E-state index contributed by atoms with van der Waals surface area (Å²) >= 11 is -0.913. The van der Waals surface area contributed by atoms with Crippen LogP contribution in [0.5, 0.6) is 0 Å². The van der Waals surface area contributed by atoms with Crippen LogP contribution in [0.1, 0.15) is 67.4 Å². The van der Waals surface area contributed by atoms with E-state index in [0.29, 0.717) is 3.63 Å². The number of H-pyrrole nitrogens is 1. The maximum Gasteiger partial charge on any atom is -1.00 e. The third-order valence-electron chi connectivity index (χ3n) is 6.30. The van der Waals surface area contributed by atoms with Crippen LogP contribution in [0.2, 0.25) is 13.1 Å². The first-order valence-electron chi connectivity index (χ1n) is 11.2. The van der Waals surface area contributed by atoms with Gasteiger partial charge in [0.25, 0.3) is 0 Å². The topological polar surface area (TPSA) is 15.8 Å². The fourth-order valence-corrected chi connectivity index (χ4v) is 13.6. The summed E-state index contributed by atoms with van der Waals surface area (Å²) in [4.78, 5) is 3.96. The van der Waals surface area contributed by atoms with E-state index in [-0.39, 0.29) is 35.6 Å². The molecular formula is C27H35Cl2NSiZr. The molecule has 1 unspecified atom stereocenters. The van der Waals surface area contributed by atoms with Gasteiger partial charge in [-0.1, -0.05) is 0 Å². The number of aromatic amines is 1. The number of nitrogens with one attached hydrogen (secondary N) is 1. The second-order valence-electron chi connectivity index (χ2n) is 11.1. The third kappa shape index (κ3) is 5.07. The molecule has 32 heavy (non-hydrogen) atoms. The van der Waals surface area contributed by atoms with Crippen LogP contribution in [0.25, 0.3) is 17.0 Å². The molecule has 0 spiro atoms. The van der Waals surface area contributed by atoms with Crippen molar-refractivity contribution in [1.29, 1.82) is 0 Å². The number of halogens is 2. The molecule has 1 aromatic heterocycles. The van der Waals surface area contributed by atoms with Crippen LogP contribution in [-0.2, 0) is 34.1 Å². The predicted octanol–water partition coefficient (Wildman–Crippen LogP) is 0.643. The van der Waals surface area contributed by atoms with E-state index in [0.717, 1.165) is 0 Å². The molecule has 1 nitrogen and oxygen atoms in total. The van der Waals surface area contributed by atoms with E-state index in [9.17, 15) is 0 Å². The molecule has 1 atom stereocenters. The molecule has 2 aromatic carbocycles. The minimum absolute atomic E-state index is 0. The molecule has 170 valence electrons. The summed E-state index contributed by atoms with van der Waals surface area (Å²) in [6.07, 6.45) is 2.54. The molecule has 0 fully saturated rings. The maximum atomic E-state index is 3.96. The molecule has 4 rings (SSSR count). The molecule has 0 saturated carbocycles. The zero-order valence-corrected chi connectivity index (χ0v) is 25.7. The number of benzene rings is 2. The number of aromatic nitrogens is 1. The smallest absolute Gasteiger partial charge is 1.00 e. The van der Waals surface area contributed by atoms with Crippen LogP contribution in [-0.4, -0.2) is 13.8 Å². The molecule has 1 aliphatic carbocycles. The van der Waals surface area contributed by atoms with Gasteiger partial charge in [0.1, 0.15) is 0 Å². The summed E-state index contributed by atoms with van der Waals surface area (Å²) in [5.41, 5.74) is 7.74. The Morgan fingerprint density at radius 2 is 1.50 bits per heavy atom. The summed E-state index contributed by atoms with van der Waals surface area (Å²) < 4.78 is 2.28. The summed E-state index contributed by atoms with van der Waals surface area (Å²) in [6, 6.07) is 16.0. The quantitative estimate of drug-likeness (QED) is 0.451. The number of fused-ring (bicyclic) bond motifs is 2. The van der Waals surface area contributed by atoms with E-state index in [1.54, 1.807) is 19.7 Å². The van der Waals surface area contributed by atoms with Crippen LogP contribution in [0.4, 0.5) is 0 Å². The van der Waals surface area contributed by atoms with Gasteiger partial charge in [-0.3, -0.25) is 0 Å². The van der Waals surface area contributed by atoms with Gasteiger partial charge in [-0.15, -0.1) is 0 Å². The Balaban J connectivity index is 0.00000181. The van der Waals surface area contributed by atoms with E-state index in [1.807, 2.05) is 0 Å². The second-order valence-corrected chi connectivity index (χ2v) is 17.4. The monoisotopic (exact) mass is 561 g/mol. The van der Waals surface area contributed by atoms with Crippen molar-refractivity contribution in [3.63, 3.8) is 0 Å². The van der Waals surface area contributed by atoms with Crippen molar-refractivity contribution in [3.8, 4) is 0 Å². The van der Waals surface area contributed by atoms with E-state index in [1.165, 1.54) is 22.0 Å². The molecule has 1 heterocycles. The van der Waals surface area contributed by atoms with Crippen molar-refractivity contribution in [2.45, 2.75) is 69.1 Å². The first-order valence-corrected chi connectivity index (χ1v) is 16.7. The molecule has 3 aromatic rings. The summed E-state index contributed by atoms with van der Waals surface area (Å²) in [5, 5.41) is 3.27. The number of rotatable bonds is 3. The van der Waals surface area contributed by atoms with Crippen molar-refractivity contribution in [3.05, 3.63) is 69.9 Å². The van der Waals surface area contributed by atoms with Gasteiger partial charge in [0, 0.05) is 0 Å². The molecule has 0 saturated heterocycles. The number of hydrogen-bond donors (Lipinski definition) is 1. The SMILES string of the molecule is C[SiH](C)C1=Cc2ccccc2[CH]1[Zr+2][c]1[nH]c2cccc(C(C)(C)C)c2c1C(C)(C)C.[Cl-].[Cl-]. The zero-order valence-electron chi connectivity index (χ0n) is 20.5. The van der Waals surface area contributed by atoms with Crippen LogP contribution < -0.4 is 28.2 Å². The van der Waals surface area contributed by atoms with Gasteiger partial charge in [0.05, 0.1) is 0 Å². The largest absolute Gasteiger partial charge is 1.00 e. The average Bonchev–Trinajstić information content (AvgIpc) is 3.19. The Kier molecular flexibility index (Phi) is 8.59. The van der Waals surface area contributed by atoms with Crippen LogP contribution >= 0.6 is 0 Å². The Labute approximate surface area is 219 Å². The molecule has 0 bridgehead atoms. The molecule has 0 aliphatic heterocycles. The molecule has 1 aliphatic rings. The van der Waals surface area contributed by atoms with E-state index in [4.69, 9.17) is 0 Å². The molecule has 0 amide bonds. The van der Waals surface area contributed by atoms with E-state index in [2.05, 4.69) is 108 Å². The van der Waals surface area contributed by atoms with Gasteiger partial charge in [-0.25, -0.2) is 0 Å². The third-order valence-corrected chi connectivity index (χ3v) is 12.9. The predicted molar refractivity (Wildman–Crippen MR) is 131 cm³/mol. The van der Waals surface area contributed by atoms with Gasteiger partial charge in [-0.05, 0) is 0 Å². The van der Waals surface area contributed by atoms with E-state index < -0.39 is 32.0 Å². The van der Waals surface area contributed by atoms with Gasteiger partial charge in [-0.2, -0.15) is 0 Å². The van der Waals surface area contributed by atoms with Crippen molar-refractivity contribution < 1.29 is 48.0 Å². The van der Waals surface area contributed by atoms with Gasteiger partial charge < -0.3 is 24.8 Å². The minimum Gasteiger partial charge on any atom is -1.00 e. The van der Waals surface area contributed by atoms with Crippen LogP contribution in [0.15, 0.2) is 47.7 Å². The minimum atomic E-state index is -0.913. The van der Waals surface area contributed by atoms with Gasteiger partial charge in [0.15, 0.2) is 0 Å². The molecular weight excluding hydrogens is 529 g/mol. The second kappa shape index (κ2) is 9.95. The Morgan fingerprint density at radius 1 is 0.844 bits per heavy atom. The Morgan fingerprint density at radius 3 is 2.09 bits per heavy atom. The van der Waals surface area contributed by atoms with Crippen LogP contribution in [0, 0.1) is 0 Å². The van der Waals surface area contributed by atoms with Gasteiger partial charge in [0.2, 0.25) is 0 Å². The molecule has 5 heteroatoms. The molecule has 1 N–H and O–H groups in total. The van der Waals surface area contributed by atoms with Crippen molar-refractivity contribution in [2.75, 3.05) is 0 Å². The Bertz CT molecular complexity index is 1130. The maximum absolute atomic E-state index is 3.96. The van der Waals surface area contributed by atoms with Crippen molar-refractivity contribution in [2.24, 2.45) is 0 Å². The fourth-order valence-electron chi connectivity index (χ4n) is 4.88. The Hall–Kier alpha value is -0.600. The number of hydrogen-bond acceptors (Lipinski definition) is 0. The standard InChI is InChI=1S/C16H22N.C11H13Si.2ClH.Zr/c1-15(2,3)11-8-7-9-13-14(11)12(10-17-13)16(4,5)6;1-12(2)11-7-9-5-3-4-6-10(9)8-11;;;/h7-9,17H,1-6H3;3-8,12H,1-2H3;2*1H;/q;;;;+2/p-2. The zero-order chi connectivity index (χ0) is 21.8. The number of allylic oxidation sites excluding steroid dienone is 1. The average molecular weight is 564 g/mol.